The van der Waals surface area contributed by atoms with Crippen molar-refractivity contribution in [1.29, 1.82) is 0 Å². The van der Waals surface area contributed by atoms with Gasteiger partial charge in [0.15, 0.2) is 0 Å². The average molecular weight is 470 g/mol. The minimum absolute atomic E-state index is 0.0150. The van der Waals surface area contributed by atoms with Crippen molar-refractivity contribution in [1.82, 2.24) is 14.5 Å². The van der Waals surface area contributed by atoms with Gasteiger partial charge in [0.05, 0.1) is 4.90 Å². The Bertz CT molecular complexity index is 1010. The predicted molar refractivity (Wildman–Crippen MR) is 130 cm³/mol. The van der Waals surface area contributed by atoms with Crippen LogP contribution in [0.4, 0.5) is 0 Å². The summed E-state index contributed by atoms with van der Waals surface area (Å²) < 4.78 is 27.2. The van der Waals surface area contributed by atoms with Crippen LogP contribution >= 0.6 is 0 Å². The van der Waals surface area contributed by atoms with E-state index in [1.54, 1.807) is 28.6 Å². The van der Waals surface area contributed by atoms with Crippen molar-refractivity contribution in [2.24, 2.45) is 0 Å². The van der Waals surface area contributed by atoms with Gasteiger partial charge < -0.3 is 5.32 Å². The Hall–Kier alpha value is -2.22. The lowest BCUT2D eigenvalue weighted by atomic mass is 9.96. The number of piperazine rings is 1. The van der Waals surface area contributed by atoms with Crippen LogP contribution in [0.3, 0.4) is 0 Å². The average Bonchev–Trinajstić information content (AvgIpc) is 2.82. The molecular weight excluding hydrogens is 434 g/mol. The van der Waals surface area contributed by atoms with Crippen molar-refractivity contribution >= 4 is 15.9 Å². The standard InChI is InChI=1S/C26H35N3O3S/c30-26(27-24-12-5-2-1-3-6-13-24)23-11-9-10-22(20-23)21-28-16-18-29(19-17-28)33(31,32)25-14-7-4-8-15-25/h4,7-11,14-15,20,24H,1-3,5-6,12-13,16-19,21H2,(H,27,30). The molecule has 4 rings (SSSR count). The summed E-state index contributed by atoms with van der Waals surface area (Å²) in [4.78, 5) is 15.4. The molecule has 2 aromatic rings. The minimum Gasteiger partial charge on any atom is -0.349 e. The Morgan fingerprint density at radius 2 is 1.52 bits per heavy atom. The molecule has 1 N–H and O–H groups in total. The second-order valence-electron chi connectivity index (χ2n) is 9.21. The van der Waals surface area contributed by atoms with Gasteiger partial charge in [-0.05, 0) is 42.7 Å². The lowest BCUT2D eigenvalue weighted by molar-refractivity contribution is 0.0930. The fourth-order valence-electron chi connectivity index (χ4n) is 4.81. The van der Waals surface area contributed by atoms with Crippen LogP contribution < -0.4 is 5.32 Å². The van der Waals surface area contributed by atoms with Crippen LogP contribution in [-0.4, -0.2) is 55.8 Å². The molecule has 1 aliphatic heterocycles. The number of hydrogen-bond donors (Lipinski definition) is 1. The highest BCUT2D eigenvalue weighted by Gasteiger charge is 2.28. The molecule has 1 heterocycles. The van der Waals surface area contributed by atoms with E-state index in [2.05, 4.69) is 10.2 Å². The number of rotatable bonds is 6. The topological polar surface area (TPSA) is 69.7 Å². The monoisotopic (exact) mass is 469 g/mol. The normalized spacial score (nSPS) is 19.5. The fourth-order valence-corrected chi connectivity index (χ4v) is 6.25. The van der Waals surface area contributed by atoms with Gasteiger partial charge in [0.25, 0.3) is 5.91 Å². The van der Waals surface area contributed by atoms with E-state index in [-0.39, 0.29) is 11.9 Å². The Balaban J connectivity index is 1.31. The van der Waals surface area contributed by atoms with Crippen LogP contribution in [0.15, 0.2) is 59.5 Å². The zero-order valence-electron chi connectivity index (χ0n) is 19.3. The molecule has 2 aromatic carbocycles. The predicted octanol–water partition coefficient (Wildman–Crippen LogP) is 4.04. The van der Waals surface area contributed by atoms with Crippen molar-refractivity contribution in [2.45, 2.75) is 62.4 Å². The molecule has 2 fully saturated rings. The first-order valence-electron chi connectivity index (χ1n) is 12.2. The van der Waals surface area contributed by atoms with Crippen LogP contribution in [0.25, 0.3) is 0 Å². The van der Waals surface area contributed by atoms with E-state index in [1.165, 1.54) is 32.1 Å². The highest BCUT2D eigenvalue weighted by Crippen LogP contribution is 2.20. The van der Waals surface area contributed by atoms with Crippen LogP contribution in [0.2, 0.25) is 0 Å². The molecule has 33 heavy (non-hydrogen) atoms. The van der Waals surface area contributed by atoms with Gasteiger partial charge in [-0.25, -0.2) is 8.42 Å². The first-order chi connectivity index (χ1) is 16.0. The Morgan fingerprint density at radius 1 is 0.848 bits per heavy atom. The Kier molecular flexibility index (Phi) is 8.17. The molecule has 1 amide bonds. The van der Waals surface area contributed by atoms with Crippen LogP contribution in [-0.2, 0) is 16.6 Å². The zero-order chi connectivity index (χ0) is 23.1. The largest absolute Gasteiger partial charge is 0.349 e. The second-order valence-corrected chi connectivity index (χ2v) is 11.1. The van der Waals surface area contributed by atoms with Crippen molar-refractivity contribution in [3.05, 3.63) is 65.7 Å². The molecule has 0 aromatic heterocycles. The molecule has 1 saturated carbocycles. The van der Waals surface area contributed by atoms with Gasteiger partial charge in [-0.3, -0.25) is 9.69 Å². The van der Waals surface area contributed by atoms with Crippen molar-refractivity contribution < 1.29 is 13.2 Å². The van der Waals surface area contributed by atoms with Crippen LogP contribution in [0, 0.1) is 0 Å². The van der Waals surface area contributed by atoms with Gasteiger partial charge >= 0.3 is 0 Å². The molecular formula is C26H35N3O3S. The van der Waals surface area contributed by atoms with Crippen LogP contribution in [0.1, 0.15) is 60.9 Å². The molecule has 0 atom stereocenters. The smallest absolute Gasteiger partial charge is 0.251 e. The molecule has 6 nitrogen and oxygen atoms in total. The summed E-state index contributed by atoms with van der Waals surface area (Å²) in [6.45, 7) is 3.00. The number of nitrogens with one attached hydrogen (secondary N) is 1. The third-order valence-electron chi connectivity index (χ3n) is 6.75. The molecule has 0 spiro atoms. The quantitative estimate of drug-likeness (QED) is 0.693. The van der Waals surface area contributed by atoms with Gasteiger partial charge in [-0.15, -0.1) is 0 Å². The zero-order valence-corrected chi connectivity index (χ0v) is 20.1. The fraction of sp³-hybridized carbons (Fsp3) is 0.500. The summed E-state index contributed by atoms with van der Waals surface area (Å²) in [5.74, 6) is 0.0150. The number of benzene rings is 2. The third-order valence-corrected chi connectivity index (χ3v) is 8.66. The Morgan fingerprint density at radius 3 is 2.21 bits per heavy atom. The van der Waals surface area contributed by atoms with E-state index in [1.807, 2.05) is 30.3 Å². The van der Waals surface area contributed by atoms with Crippen molar-refractivity contribution in [3.8, 4) is 0 Å². The maximum Gasteiger partial charge on any atom is 0.251 e. The molecule has 178 valence electrons. The Labute approximate surface area is 198 Å². The highest BCUT2D eigenvalue weighted by molar-refractivity contribution is 7.89. The van der Waals surface area contributed by atoms with Crippen LogP contribution in [0.5, 0.6) is 0 Å². The molecule has 1 saturated heterocycles. The van der Waals surface area contributed by atoms with E-state index in [4.69, 9.17) is 0 Å². The van der Waals surface area contributed by atoms with E-state index < -0.39 is 10.0 Å². The first-order valence-corrected chi connectivity index (χ1v) is 13.6. The number of hydrogen-bond acceptors (Lipinski definition) is 4. The maximum atomic E-state index is 12.8. The van der Waals surface area contributed by atoms with Gasteiger partial charge in [-0.2, -0.15) is 4.31 Å². The van der Waals surface area contributed by atoms with Crippen molar-refractivity contribution in [3.63, 3.8) is 0 Å². The number of nitrogens with zero attached hydrogens (tertiary/aromatic N) is 2. The van der Waals surface area contributed by atoms with E-state index >= 15 is 0 Å². The number of carbonyl (C=O) groups is 1. The first kappa shape index (κ1) is 23.9. The minimum atomic E-state index is -3.44. The molecule has 0 unspecified atom stereocenters. The SMILES string of the molecule is O=C(NC1CCCCCCC1)c1cccc(CN2CCN(S(=O)(=O)c3ccccc3)CC2)c1. The molecule has 0 bridgehead atoms. The summed E-state index contributed by atoms with van der Waals surface area (Å²) >= 11 is 0. The number of carbonyl (C=O) groups excluding carboxylic acids is 1. The number of sulfonamides is 1. The maximum absolute atomic E-state index is 12.8. The van der Waals surface area contributed by atoms with E-state index in [0.29, 0.717) is 43.2 Å². The lowest BCUT2D eigenvalue weighted by Crippen LogP contribution is -2.48. The third kappa shape index (κ3) is 6.43. The second kappa shape index (κ2) is 11.3. The summed E-state index contributed by atoms with van der Waals surface area (Å²) in [6.07, 6.45) is 8.37. The number of amides is 1. The van der Waals surface area contributed by atoms with Gasteiger partial charge in [0, 0.05) is 44.3 Å². The van der Waals surface area contributed by atoms with Crippen molar-refractivity contribution in [2.75, 3.05) is 26.2 Å². The molecule has 2 aliphatic rings. The van der Waals surface area contributed by atoms with E-state index in [0.717, 1.165) is 18.4 Å². The lowest BCUT2D eigenvalue weighted by Gasteiger charge is -2.34. The van der Waals surface area contributed by atoms with Gasteiger partial charge in [-0.1, -0.05) is 62.4 Å². The molecule has 1 aliphatic carbocycles. The summed E-state index contributed by atoms with van der Waals surface area (Å²) in [5.41, 5.74) is 1.79. The highest BCUT2D eigenvalue weighted by atomic mass is 32.2. The van der Waals surface area contributed by atoms with Gasteiger partial charge in [0.2, 0.25) is 10.0 Å². The molecule has 0 radical (unpaired) electrons. The molecule has 7 heteroatoms. The van der Waals surface area contributed by atoms with E-state index in [9.17, 15) is 13.2 Å². The summed E-state index contributed by atoms with van der Waals surface area (Å²) in [6, 6.07) is 16.7. The summed E-state index contributed by atoms with van der Waals surface area (Å²) in [7, 11) is -3.44. The van der Waals surface area contributed by atoms with Gasteiger partial charge in [0.1, 0.15) is 0 Å². The summed E-state index contributed by atoms with van der Waals surface area (Å²) in [5, 5.41) is 3.25.